The van der Waals surface area contributed by atoms with Crippen LogP contribution in [0.15, 0.2) is 43.0 Å². The second-order valence-corrected chi connectivity index (χ2v) is 14.9. The number of carbonyl (C=O) groups excluding carboxylic acids is 1. The maximum Gasteiger partial charge on any atom is 0.256 e. The average Bonchev–Trinajstić information content (AvgIpc) is 3.35. The molecule has 3 heterocycles. The normalized spacial score (nSPS) is 23.4. The lowest BCUT2D eigenvalue weighted by Crippen LogP contribution is -2.48. The van der Waals surface area contributed by atoms with Gasteiger partial charge in [-0.15, -0.1) is 0 Å². The molecule has 9 nitrogen and oxygen atoms in total. The van der Waals surface area contributed by atoms with Crippen molar-refractivity contribution in [1.29, 1.82) is 0 Å². The van der Waals surface area contributed by atoms with Crippen molar-refractivity contribution in [3.05, 3.63) is 48.5 Å². The molecule has 1 unspecified atom stereocenters. The molecule has 1 saturated heterocycles. The van der Waals surface area contributed by atoms with Crippen LogP contribution in [-0.2, 0) is 9.16 Å². The quantitative estimate of drug-likeness (QED) is 0.507. The summed E-state index contributed by atoms with van der Waals surface area (Å²) in [7, 11) is -2.21. The maximum absolute atomic E-state index is 12.7. The van der Waals surface area contributed by atoms with E-state index in [1.807, 2.05) is 13.0 Å². The lowest BCUT2D eigenvalue weighted by Gasteiger charge is -2.40. The number of carbonyl (C=O) groups is 1. The molecule has 10 heteroatoms. The molecule has 1 aliphatic rings. The Hall–Kier alpha value is -2.66. The molecule has 0 radical (unpaired) electrons. The van der Waals surface area contributed by atoms with E-state index in [0.717, 1.165) is 0 Å². The summed E-state index contributed by atoms with van der Waals surface area (Å²) in [5, 5.41) is 13.9. The third kappa shape index (κ3) is 4.50. The molecule has 0 aliphatic carbocycles. The third-order valence-electron chi connectivity index (χ3n) is 6.85. The number of anilines is 1. The van der Waals surface area contributed by atoms with Crippen LogP contribution in [0.25, 0.3) is 11.2 Å². The van der Waals surface area contributed by atoms with Crippen LogP contribution >= 0.6 is 0 Å². The zero-order chi connectivity index (χ0) is 24.7. The first kappa shape index (κ1) is 24.5. The summed E-state index contributed by atoms with van der Waals surface area (Å²) < 4.78 is 14.7. The number of benzene rings is 1. The van der Waals surface area contributed by atoms with Crippen molar-refractivity contribution in [2.45, 2.75) is 76.8 Å². The number of aromatic nitrogens is 4. The number of amides is 1. The molecule has 0 bridgehead atoms. The van der Waals surface area contributed by atoms with Crippen molar-refractivity contribution in [2.75, 3.05) is 5.32 Å². The van der Waals surface area contributed by atoms with E-state index in [1.54, 1.807) is 35.2 Å². The van der Waals surface area contributed by atoms with Crippen molar-refractivity contribution in [3.8, 4) is 0 Å². The maximum atomic E-state index is 12.7. The largest absolute Gasteiger partial charge is 0.407 e. The first-order valence-corrected chi connectivity index (χ1v) is 14.5. The summed E-state index contributed by atoms with van der Waals surface area (Å²) in [5.74, 6) is 0.0259. The van der Waals surface area contributed by atoms with Crippen molar-refractivity contribution in [2.24, 2.45) is 0 Å². The molecule has 2 N–H and O–H groups in total. The molecule has 1 aromatic carbocycles. The van der Waals surface area contributed by atoms with Gasteiger partial charge in [0.05, 0.1) is 12.4 Å². The predicted octanol–water partition coefficient (Wildman–Crippen LogP) is 4.14. The van der Waals surface area contributed by atoms with E-state index in [-0.39, 0.29) is 17.0 Å². The molecule has 1 fully saturated rings. The van der Waals surface area contributed by atoms with Gasteiger partial charge in [-0.2, -0.15) is 0 Å². The number of imidazole rings is 1. The average molecular weight is 484 g/mol. The number of fused-ring (bicyclic) bond motifs is 1. The lowest BCUT2D eigenvalue weighted by molar-refractivity contribution is -0.0325. The molecular formula is C24H33N5O4Si. The van der Waals surface area contributed by atoms with Crippen molar-refractivity contribution in [1.82, 2.24) is 19.5 Å². The van der Waals surface area contributed by atoms with E-state index in [9.17, 15) is 9.90 Å². The first-order chi connectivity index (χ1) is 16.0. The van der Waals surface area contributed by atoms with E-state index >= 15 is 0 Å². The minimum Gasteiger partial charge on any atom is -0.407 e. The molecule has 182 valence electrons. The number of ether oxygens (including phenoxy) is 1. The van der Waals surface area contributed by atoms with Crippen molar-refractivity contribution in [3.63, 3.8) is 0 Å². The monoisotopic (exact) mass is 483 g/mol. The molecule has 1 amide bonds. The van der Waals surface area contributed by atoms with Crippen LogP contribution in [-0.4, -0.2) is 57.2 Å². The molecule has 0 saturated carbocycles. The summed E-state index contributed by atoms with van der Waals surface area (Å²) >= 11 is 0. The van der Waals surface area contributed by atoms with Crippen LogP contribution in [0.1, 0.15) is 50.7 Å². The van der Waals surface area contributed by atoms with Gasteiger partial charge in [0.2, 0.25) is 0 Å². The highest BCUT2D eigenvalue weighted by Gasteiger charge is 2.50. The molecule has 3 aromatic rings. The fourth-order valence-corrected chi connectivity index (χ4v) is 5.11. The fraction of sp³-hybridized carbons (Fsp3) is 0.500. The van der Waals surface area contributed by atoms with E-state index in [4.69, 9.17) is 9.16 Å². The summed E-state index contributed by atoms with van der Waals surface area (Å²) in [4.78, 5) is 25.8. The Kier molecular flexibility index (Phi) is 6.60. The van der Waals surface area contributed by atoms with Crippen LogP contribution in [0.5, 0.6) is 0 Å². The van der Waals surface area contributed by atoms with E-state index in [0.29, 0.717) is 29.0 Å². The SMILES string of the molecule is CC[C@H]1O[C@@H](n2cnc3c(NC(=O)c4ccccc4)ncnc32)C(O[Si](C)(C)C(C)(C)C)[C@H]1O. The highest BCUT2D eigenvalue weighted by Crippen LogP contribution is 2.42. The molecule has 0 spiro atoms. The van der Waals surface area contributed by atoms with Gasteiger partial charge in [0.25, 0.3) is 5.91 Å². The number of rotatable bonds is 6. The number of nitrogens with zero attached hydrogens (tertiary/aromatic N) is 4. The molecule has 4 rings (SSSR count). The highest BCUT2D eigenvalue weighted by molar-refractivity contribution is 6.74. The van der Waals surface area contributed by atoms with Gasteiger partial charge < -0.3 is 19.6 Å². The second-order valence-electron chi connectivity index (χ2n) is 10.2. The van der Waals surface area contributed by atoms with Crippen LogP contribution in [0.2, 0.25) is 18.1 Å². The summed E-state index contributed by atoms with van der Waals surface area (Å²) in [6.45, 7) is 12.8. The van der Waals surface area contributed by atoms with E-state index < -0.39 is 26.8 Å². The molecular weight excluding hydrogens is 450 g/mol. The van der Waals surface area contributed by atoms with Crippen LogP contribution in [0.4, 0.5) is 5.82 Å². The van der Waals surface area contributed by atoms with Gasteiger partial charge >= 0.3 is 0 Å². The van der Waals surface area contributed by atoms with Crippen molar-refractivity contribution >= 4 is 31.2 Å². The number of aliphatic hydroxyl groups is 1. The Bertz CT molecular complexity index is 1160. The Morgan fingerprint density at radius 2 is 1.91 bits per heavy atom. The Morgan fingerprint density at radius 1 is 1.21 bits per heavy atom. The number of nitrogens with one attached hydrogen (secondary N) is 1. The molecule has 1 aliphatic heterocycles. The Balaban J connectivity index is 1.68. The Morgan fingerprint density at radius 3 is 2.56 bits per heavy atom. The Labute approximate surface area is 200 Å². The predicted molar refractivity (Wildman–Crippen MR) is 132 cm³/mol. The first-order valence-electron chi connectivity index (χ1n) is 11.6. The minimum atomic E-state index is -2.21. The van der Waals surface area contributed by atoms with E-state index in [2.05, 4.69) is 54.1 Å². The highest BCUT2D eigenvalue weighted by atomic mass is 28.4. The lowest BCUT2D eigenvalue weighted by atomic mass is 10.1. The molecule has 2 aromatic heterocycles. The topological polar surface area (TPSA) is 111 Å². The number of hydrogen-bond donors (Lipinski definition) is 2. The van der Waals surface area contributed by atoms with Crippen molar-refractivity contribution < 1.29 is 19.1 Å². The smallest absolute Gasteiger partial charge is 0.256 e. The van der Waals surface area contributed by atoms with Gasteiger partial charge in [0, 0.05) is 5.56 Å². The van der Waals surface area contributed by atoms with Gasteiger partial charge in [-0.05, 0) is 36.7 Å². The number of aliphatic hydroxyl groups excluding tert-OH is 1. The van der Waals surface area contributed by atoms with Crippen LogP contribution in [0.3, 0.4) is 0 Å². The van der Waals surface area contributed by atoms with Gasteiger partial charge in [-0.3, -0.25) is 9.36 Å². The molecule has 34 heavy (non-hydrogen) atoms. The zero-order valence-electron chi connectivity index (χ0n) is 20.5. The number of hydrogen-bond acceptors (Lipinski definition) is 7. The van der Waals surface area contributed by atoms with Gasteiger partial charge in [-0.25, -0.2) is 15.0 Å². The van der Waals surface area contributed by atoms with E-state index in [1.165, 1.54) is 6.33 Å². The third-order valence-corrected chi connectivity index (χ3v) is 11.3. The van der Waals surface area contributed by atoms with Crippen LogP contribution < -0.4 is 5.32 Å². The van der Waals surface area contributed by atoms with Crippen LogP contribution in [0, 0.1) is 0 Å². The van der Waals surface area contributed by atoms with Gasteiger partial charge in [-0.1, -0.05) is 45.9 Å². The van der Waals surface area contributed by atoms with Gasteiger partial charge in [0.15, 0.2) is 31.5 Å². The zero-order valence-corrected chi connectivity index (χ0v) is 21.5. The second kappa shape index (κ2) is 9.18. The standard InChI is InChI=1S/C24H33N5O4Si/c1-7-16-18(30)19(33-34(5,6)24(2,3)4)23(32-16)29-14-27-17-20(25-13-26-21(17)29)28-22(31)15-11-9-8-10-12-15/h8-14,16,18-19,23,30H,7H2,1-6H3,(H,25,26,28,31)/t16-,18+,19?,23-/m1/s1. The van der Waals surface area contributed by atoms with Gasteiger partial charge in [0.1, 0.15) is 18.5 Å². The fourth-order valence-electron chi connectivity index (χ4n) is 3.82. The summed E-state index contributed by atoms with van der Waals surface area (Å²) in [5.41, 5.74) is 1.46. The minimum absolute atomic E-state index is 0.0321. The summed E-state index contributed by atoms with van der Waals surface area (Å²) in [6.07, 6.45) is 1.32. The summed E-state index contributed by atoms with van der Waals surface area (Å²) in [6, 6.07) is 8.91. The molecule has 4 atom stereocenters.